The second kappa shape index (κ2) is 4.00. The highest BCUT2D eigenvalue weighted by Gasteiger charge is 2.03. The average molecular weight is 202 g/mol. The van der Waals surface area contributed by atoms with Gasteiger partial charge in [-0.25, -0.2) is 4.79 Å². The lowest BCUT2D eigenvalue weighted by Crippen LogP contribution is -1.96. The third-order valence-corrected chi connectivity index (χ3v) is 2.16. The zero-order valence-corrected chi connectivity index (χ0v) is 8.01. The van der Waals surface area contributed by atoms with Gasteiger partial charge in [-0.1, -0.05) is 12.1 Å². The van der Waals surface area contributed by atoms with Crippen molar-refractivity contribution in [2.45, 2.75) is 6.42 Å². The molecule has 1 aromatic carbocycles. The van der Waals surface area contributed by atoms with E-state index in [0.717, 1.165) is 11.3 Å². The molecule has 0 amide bonds. The molecule has 3 nitrogen and oxygen atoms in total. The summed E-state index contributed by atoms with van der Waals surface area (Å²) in [5.74, 6) is -0.0300. The number of hydrogen-bond donors (Lipinski definition) is 1. The first-order valence-corrected chi connectivity index (χ1v) is 4.60. The van der Waals surface area contributed by atoms with Crippen LogP contribution in [0.3, 0.4) is 0 Å². The summed E-state index contributed by atoms with van der Waals surface area (Å²) in [6, 6.07) is 10.5. The molecule has 1 aromatic heterocycles. The Morgan fingerprint density at radius 3 is 2.47 bits per heavy atom. The molecule has 2 aromatic rings. The lowest BCUT2D eigenvalue weighted by molar-refractivity contribution is 0.0697. The summed E-state index contributed by atoms with van der Waals surface area (Å²) >= 11 is 0. The Morgan fingerprint density at radius 1 is 1.20 bits per heavy atom. The number of aromatic carboxylic acids is 1. The van der Waals surface area contributed by atoms with Gasteiger partial charge in [-0.05, 0) is 29.8 Å². The SMILES string of the molecule is O=C(O)c1ccc(Cc2ccco2)cc1. The molecule has 2 rings (SSSR count). The van der Waals surface area contributed by atoms with Crippen LogP contribution in [-0.2, 0) is 6.42 Å². The van der Waals surface area contributed by atoms with Crippen molar-refractivity contribution >= 4 is 5.97 Å². The minimum Gasteiger partial charge on any atom is -0.478 e. The van der Waals surface area contributed by atoms with E-state index in [0.29, 0.717) is 12.0 Å². The molecule has 0 saturated heterocycles. The molecule has 0 spiro atoms. The Hall–Kier alpha value is -2.03. The Balaban J connectivity index is 2.14. The molecule has 76 valence electrons. The van der Waals surface area contributed by atoms with Gasteiger partial charge in [0, 0.05) is 6.42 Å². The van der Waals surface area contributed by atoms with Gasteiger partial charge in [0.25, 0.3) is 0 Å². The molecule has 0 atom stereocenters. The van der Waals surface area contributed by atoms with Crippen LogP contribution >= 0.6 is 0 Å². The van der Waals surface area contributed by atoms with E-state index in [1.807, 2.05) is 12.1 Å². The van der Waals surface area contributed by atoms with Crippen LogP contribution in [0, 0.1) is 0 Å². The summed E-state index contributed by atoms with van der Waals surface area (Å²) in [7, 11) is 0. The van der Waals surface area contributed by atoms with E-state index in [9.17, 15) is 4.79 Å². The van der Waals surface area contributed by atoms with Gasteiger partial charge in [0.2, 0.25) is 0 Å². The molecule has 0 unspecified atom stereocenters. The van der Waals surface area contributed by atoms with Crippen LogP contribution in [0.2, 0.25) is 0 Å². The normalized spacial score (nSPS) is 10.1. The quantitative estimate of drug-likeness (QED) is 0.832. The van der Waals surface area contributed by atoms with Crippen LogP contribution < -0.4 is 0 Å². The zero-order valence-electron chi connectivity index (χ0n) is 8.01. The van der Waals surface area contributed by atoms with E-state index < -0.39 is 5.97 Å². The van der Waals surface area contributed by atoms with Crippen molar-refractivity contribution in [2.75, 3.05) is 0 Å². The predicted molar refractivity (Wildman–Crippen MR) is 54.9 cm³/mol. The van der Waals surface area contributed by atoms with Crippen molar-refractivity contribution in [3.05, 3.63) is 59.5 Å². The predicted octanol–water partition coefficient (Wildman–Crippen LogP) is 2.57. The van der Waals surface area contributed by atoms with Crippen LogP contribution in [-0.4, -0.2) is 11.1 Å². The summed E-state index contributed by atoms with van der Waals surface area (Å²) in [4.78, 5) is 10.6. The highest BCUT2D eigenvalue weighted by Crippen LogP contribution is 2.11. The van der Waals surface area contributed by atoms with E-state index in [-0.39, 0.29) is 0 Å². The summed E-state index contributed by atoms with van der Waals surface area (Å²) in [5, 5.41) is 8.71. The average Bonchev–Trinajstić information content (AvgIpc) is 2.71. The molecular formula is C12H10O3. The van der Waals surface area contributed by atoms with E-state index in [2.05, 4.69) is 0 Å². The van der Waals surface area contributed by atoms with Gasteiger partial charge in [0.15, 0.2) is 0 Å². The lowest BCUT2D eigenvalue weighted by Gasteiger charge is -1.99. The third-order valence-electron chi connectivity index (χ3n) is 2.16. The van der Waals surface area contributed by atoms with Crippen LogP contribution in [0.5, 0.6) is 0 Å². The first-order valence-electron chi connectivity index (χ1n) is 4.60. The van der Waals surface area contributed by atoms with E-state index in [1.54, 1.807) is 30.5 Å². The summed E-state index contributed by atoms with van der Waals surface area (Å²) in [6.45, 7) is 0. The standard InChI is InChI=1S/C12H10O3/c13-12(14)10-5-3-9(4-6-10)8-11-2-1-7-15-11/h1-7H,8H2,(H,13,14). The smallest absolute Gasteiger partial charge is 0.335 e. The Bertz CT molecular complexity index is 440. The summed E-state index contributed by atoms with van der Waals surface area (Å²) in [6.07, 6.45) is 2.31. The van der Waals surface area contributed by atoms with Gasteiger partial charge < -0.3 is 9.52 Å². The van der Waals surface area contributed by atoms with Crippen LogP contribution in [0.4, 0.5) is 0 Å². The van der Waals surface area contributed by atoms with Gasteiger partial charge in [-0.2, -0.15) is 0 Å². The van der Waals surface area contributed by atoms with Gasteiger partial charge in [0.1, 0.15) is 5.76 Å². The Morgan fingerprint density at radius 2 is 1.93 bits per heavy atom. The fraction of sp³-hybridized carbons (Fsp3) is 0.0833. The summed E-state index contributed by atoms with van der Waals surface area (Å²) < 4.78 is 5.20. The Kier molecular flexibility index (Phi) is 2.54. The zero-order chi connectivity index (χ0) is 10.7. The monoisotopic (exact) mass is 202 g/mol. The fourth-order valence-corrected chi connectivity index (χ4v) is 1.38. The molecule has 0 aliphatic carbocycles. The van der Waals surface area contributed by atoms with Gasteiger partial charge in [-0.15, -0.1) is 0 Å². The van der Waals surface area contributed by atoms with Crippen LogP contribution in [0.15, 0.2) is 47.1 Å². The van der Waals surface area contributed by atoms with E-state index in [4.69, 9.17) is 9.52 Å². The van der Waals surface area contributed by atoms with Crippen LogP contribution in [0.1, 0.15) is 21.7 Å². The lowest BCUT2D eigenvalue weighted by atomic mass is 10.1. The third kappa shape index (κ3) is 2.26. The molecular weight excluding hydrogens is 192 g/mol. The topological polar surface area (TPSA) is 50.4 Å². The van der Waals surface area contributed by atoms with Gasteiger partial charge in [-0.3, -0.25) is 0 Å². The first-order chi connectivity index (χ1) is 7.25. The van der Waals surface area contributed by atoms with Crippen molar-refractivity contribution in [3.8, 4) is 0 Å². The molecule has 0 fully saturated rings. The molecule has 15 heavy (non-hydrogen) atoms. The molecule has 0 saturated carbocycles. The molecule has 1 N–H and O–H groups in total. The van der Waals surface area contributed by atoms with Crippen LogP contribution in [0.25, 0.3) is 0 Å². The number of hydrogen-bond acceptors (Lipinski definition) is 2. The minimum absolute atomic E-state index is 0.304. The number of carboxylic acid groups (broad SMARTS) is 1. The first kappa shape index (κ1) is 9.52. The number of rotatable bonds is 3. The van der Waals surface area contributed by atoms with Crippen molar-refractivity contribution in [1.82, 2.24) is 0 Å². The number of carboxylic acids is 1. The molecule has 0 radical (unpaired) electrons. The Labute approximate surface area is 87.0 Å². The maximum atomic E-state index is 10.6. The largest absolute Gasteiger partial charge is 0.478 e. The van der Waals surface area contributed by atoms with Crippen molar-refractivity contribution in [2.24, 2.45) is 0 Å². The van der Waals surface area contributed by atoms with Crippen molar-refractivity contribution < 1.29 is 14.3 Å². The molecule has 0 aliphatic rings. The fourth-order valence-electron chi connectivity index (χ4n) is 1.38. The molecule has 3 heteroatoms. The molecule has 1 heterocycles. The summed E-state index contributed by atoms with van der Waals surface area (Å²) in [5.41, 5.74) is 1.34. The number of carbonyl (C=O) groups is 1. The highest BCUT2D eigenvalue weighted by molar-refractivity contribution is 5.87. The van der Waals surface area contributed by atoms with Gasteiger partial charge in [0.05, 0.1) is 11.8 Å². The minimum atomic E-state index is -0.903. The second-order valence-electron chi connectivity index (χ2n) is 3.26. The van der Waals surface area contributed by atoms with Crippen molar-refractivity contribution in [1.29, 1.82) is 0 Å². The highest BCUT2D eigenvalue weighted by atomic mass is 16.4. The number of furan rings is 1. The van der Waals surface area contributed by atoms with E-state index in [1.165, 1.54) is 0 Å². The van der Waals surface area contributed by atoms with E-state index >= 15 is 0 Å². The number of benzene rings is 1. The molecule has 0 aliphatic heterocycles. The molecule has 0 bridgehead atoms. The van der Waals surface area contributed by atoms with Crippen molar-refractivity contribution in [3.63, 3.8) is 0 Å². The maximum absolute atomic E-state index is 10.6. The van der Waals surface area contributed by atoms with Gasteiger partial charge >= 0.3 is 5.97 Å². The second-order valence-corrected chi connectivity index (χ2v) is 3.26. The maximum Gasteiger partial charge on any atom is 0.335 e.